The number of halogens is 1. The summed E-state index contributed by atoms with van der Waals surface area (Å²) in [4.78, 5) is 25.9. The third-order valence-electron chi connectivity index (χ3n) is 5.46. The Morgan fingerprint density at radius 1 is 1.03 bits per heavy atom. The number of benzene rings is 2. The largest absolute Gasteiger partial charge is 0.466 e. The minimum Gasteiger partial charge on any atom is -0.466 e. The van der Waals surface area contributed by atoms with Crippen molar-refractivity contribution in [2.24, 2.45) is 0 Å². The minimum absolute atomic E-state index is 0.137. The lowest BCUT2D eigenvalue weighted by molar-refractivity contribution is -0.139. The van der Waals surface area contributed by atoms with Gasteiger partial charge in [-0.25, -0.2) is 9.59 Å². The normalized spacial score (nSPS) is 16.6. The third kappa shape index (κ3) is 5.79. The van der Waals surface area contributed by atoms with Gasteiger partial charge in [0.15, 0.2) is 6.29 Å². The van der Waals surface area contributed by atoms with Crippen LogP contribution >= 0.6 is 11.6 Å². The van der Waals surface area contributed by atoms with E-state index in [1.165, 1.54) is 14.0 Å². The number of ether oxygens (including phenoxy) is 3. The fraction of sp³-hybridized carbons (Fsp3) is 0.308. The number of nitrogens with one attached hydrogen (secondary N) is 1. The molecule has 180 valence electrons. The number of esters is 2. The highest BCUT2D eigenvalue weighted by molar-refractivity contribution is 6.31. The van der Waals surface area contributed by atoms with Crippen LogP contribution in [0.5, 0.6) is 5.75 Å². The number of hydrogen-bond donors (Lipinski definition) is 2. The molecule has 2 unspecified atom stereocenters. The van der Waals surface area contributed by atoms with Gasteiger partial charge in [-0.1, -0.05) is 41.9 Å². The Labute approximate surface area is 204 Å². The van der Waals surface area contributed by atoms with Crippen molar-refractivity contribution in [1.82, 2.24) is 5.32 Å². The van der Waals surface area contributed by atoms with Crippen LogP contribution in [0.4, 0.5) is 0 Å². The van der Waals surface area contributed by atoms with Crippen molar-refractivity contribution in [3.63, 3.8) is 0 Å². The van der Waals surface area contributed by atoms with Crippen molar-refractivity contribution in [2.75, 3.05) is 13.7 Å². The van der Waals surface area contributed by atoms with E-state index >= 15 is 0 Å². The predicted molar refractivity (Wildman–Crippen MR) is 128 cm³/mol. The summed E-state index contributed by atoms with van der Waals surface area (Å²) in [7, 11) is 1.30. The van der Waals surface area contributed by atoms with Gasteiger partial charge in [-0.05, 0) is 50.1 Å². The summed E-state index contributed by atoms with van der Waals surface area (Å²) in [5.74, 6) is -1.28. The van der Waals surface area contributed by atoms with Crippen LogP contribution in [0.15, 0.2) is 71.1 Å². The van der Waals surface area contributed by atoms with Crippen LogP contribution in [-0.2, 0) is 25.5 Å². The van der Waals surface area contributed by atoms with Crippen LogP contribution in [0.1, 0.15) is 37.8 Å². The van der Waals surface area contributed by atoms with Crippen LogP contribution < -0.4 is 10.1 Å². The first-order valence-electron chi connectivity index (χ1n) is 10.8. The van der Waals surface area contributed by atoms with Crippen LogP contribution in [-0.4, -0.2) is 37.1 Å². The van der Waals surface area contributed by atoms with Crippen LogP contribution in [0.25, 0.3) is 0 Å². The van der Waals surface area contributed by atoms with Gasteiger partial charge in [-0.3, -0.25) is 0 Å². The van der Waals surface area contributed by atoms with Gasteiger partial charge in [0, 0.05) is 22.8 Å². The van der Waals surface area contributed by atoms with Crippen molar-refractivity contribution in [3.8, 4) is 5.75 Å². The quantitative estimate of drug-likeness (QED) is 0.426. The first-order chi connectivity index (χ1) is 16.2. The first kappa shape index (κ1) is 25.3. The zero-order valence-corrected chi connectivity index (χ0v) is 20.3. The minimum atomic E-state index is -0.897. The van der Waals surface area contributed by atoms with Gasteiger partial charge in [-0.15, -0.1) is 0 Å². The molecule has 34 heavy (non-hydrogen) atoms. The Morgan fingerprint density at radius 2 is 1.65 bits per heavy atom. The molecule has 0 radical (unpaired) electrons. The number of allylic oxidation sites excluding steroid dienone is 2. The van der Waals surface area contributed by atoms with E-state index in [1.54, 1.807) is 50.2 Å². The molecule has 2 N–H and O–H groups in total. The van der Waals surface area contributed by atoms with Crippen molar-refractivity contribution < 1.29 is 28.9 Å². The number of dihydropyridines is 1. The molecule has 0 aliphatic carbocycles. The van der Waals surface area contributed by atoms with Gasteiger partial charge in [-0.2, -0.15) is 0 Å². The van der Waals surface area contributed by atoms with E-state index in [0.29, 0.717) is 45.3 Å². The molecule has 3 rings (SSSR count). The molecule has 2 aromatic carbocycles. The molecule has 2 atom stereocenters. The molecule has 0 aromatic heterocycles. The molecule has 1 aliphatic heterocycles. The summed E-state index contributed by atoms with van der Waals surface area (Å²) in [6, 6.07) is 14.2. The van der Waals surface area contributed by atoms with Gasteiger partial charge in [0.2, 0.25) is 0 Å². The van der Waals surface area contributed by atoms with Crippen molar-refractivity contribution >= 4 is 23.5 Å². The highest BCUT2D eigenvalue weighted by Gasteiger charge is 2.38. The number of aliphatic hydroxyl groups excluding tert-OH is 1. The summed E-state index contributed by atoms with van der Waals surface area (Å²) in [5, 5.41) is 12.8. The first-order valence-corrected chi connectivity index (χ1v) is 11.2. The zero-order chi connectivity index (χ0) is 24.8. The number of hydrogen-bond acceptors (Lipinski definition) is 7. The number of carbonyl (C=O) groups excluding carboxylic acids is 2. The monoisotopic (exact) mass is 485 g/mol. The SMILES string of the molecule is COC(=O)C1=C(C)NC(C)=C(C(=O)OCCc2ccc(OC(C)O)cc2)C1c1ccccc1Cl. The molecule has 0 amide bonds. The van der Waals surface area contributed by atoms with E-state index < -0.39 is 24.1 Å². The fourth-order valence-electron chi connectivity index (χ4n) is 3.94. The topological polar surface area (TPSA) is 94.1 Å². The fourth-order valence-corrected chi connectivity index (χ4v) is 4.18. The molecule has 1 aliphatic rings. The van der Waals surface area contributed by atoms with Crippen molar-refractivity contribution in [1.29, 1.82) is 0 Å². The lowest BCUT2D eigenvalue weighted by Gasteiger charge is -2.30. The lowest BCUT2D eigenvalue weighted by atomic mass is 9.80. The second-order valence-electron chi connectivity index (χ2n) is 7.90. The summed E-state index contributed by atoms with van der Waals surface area (Å²) in [5.41, 5.74) is 3.34. The Morgan fingerprint density at radius 3 is 2.24 bits per heavy atom. The zero-order valence-electron chi connectivity index (χ0n) is 19.6. The maximum Gasteiger partial charge on any atom is 0.336 e. The molecule has 0 fully saturated rings. The molecule has 0 saturated carbocycles. The standard InChI is InChI=1S/C26H28ClNO6/c1-15-22(25(30)32-4)24(20-7-5-6-8-21(20)27)23(16(2)28-15)26(31)33-14-13-18-9-11-19(12-10-18)34-17(3)29/h5-12,17,24,28-29H,13-14H2,1-4H3. The molecular formula is C26H28ClNO6. The predicted octanol–water partition coefficient (Wildman–Crippen LogP) is 4.25. The molecule has 8 heteroatoms. The van der Waals surface area contributed by atoms with Crippen LogP contribution in [0.3, 0.4) is 0 Å². The van der Waals surface area contributed by atoms with Gasteiger partial charge in [0.25, 0.3) is 0 Å². The Hall–Kier alpha value is -3.29. The lowest BCUT2D eigenvalue weighted by Crippen LogP contribution is -2.32. The molecule has 1 heterocycles. The average Bonchev–Trinajstić information content (AvgIpc) is 2.79. The molecule has 0 saturated heterocycles. The van der Waals surface area contributed by atoms with Gasteiger partial charge in [0.05, 0.1) is 30.8 Å². The number of rotatable bonds is 8. The number of carbonyl (C=O) groups is 2. The highest BCUT2D eigenvalue weighted by Crippen LogP contribution is 2.41. The third-order valence-corrected chi connectivity index (χ3v) is 5.80. The maximum absolute atomic E-state index is 13.2. The van der Waals surface area contributed by atoms with Crippen LogP contribution in [0.2, 0.25) is 5.02 Å². The van der Waals surface area contributed by atoms with E-state index in [1.807, 2.05) is 12.1 Å². The second-order valence-corrected chi connectivity index (χ2v) is 8.30. The summed E-state index contributed by atoms with van der Waals surface area (Å²) < 4.78 is 15.8. The van der Waals surface area contributed by atoms with Gasteiger partial charge >= 0.3 is 11.9 Å². The number of methoxy groups -OCH3 is 1. The molecule has 7 nitrogen and oxygen atoms in total. The number of aliphatic hydroxyl groups is 1. The van der Waals surface area contributed by atoms with E-state index in [-0.39, 0.29) is 6.61 Å². The van der Waals surface area contributed by atoms with E-state index in [4.69, 9.17) is 25.8 Å². The molecule has 0 bridgehead atoms. The van der Waals surface area contributed by atoms with E-state index in [0.717, 1.165) is 5.56 Å². The maximum atomic E-state index is 13.2. The molecule has 2 aromatic rings. The average molecular weight is 486 g/mol. The van der Waals surface area contributed by atoms with Crippen molar-refractivity contribution in [2.45, 2.75) is 39.4 Å². The summed E-state index contributed by atoms with van der Waals surface area (Å²) in [6.45, 7) is 5.19. The Balaban J connectivity index is 1.81. The second kappa shape index (κ2) is 11.2. The molecule has 0 spiro atoms. The summed E-state index contributed by atoms with van der Waals surface area (Å²) >= 11 is 6.47. The van der Waals surface area contributed by atoms with Crippen LogP contribution in [0, 0.1) is 0 Å². The van der Waals surface area contributed by atoms with Gasteiger partial charge in [0.1, 0.15) is 5.75 Å². The van der Waals surface area contributed by atoms with Crippen molar-refractivity contribution in [3.05, 3.63) is 87.2 Å². The highest BCUT2D eigenvalue weighted by atomic mass is 35.5. The van der Waals surface area contributed by atoms with E-state index in [2.05, 4.69) is 5.32 Å². The van der Waals surface area contributed by atoms with E-state index in [9.17, 15) is 14.7 Å². The summed E-state index contributed by atoms with van der Waals surface area (Å²) in [6.07, 6.45) is -0.415. The Bertz CT molecular complexity index is 1120. The molecular weight excluding hydrogens is 458 g/mol. The van der Waals surface area contributed by atoms with Gasteiger partial charge < -0.3 is 24.6 Å². The Kier molecular flexibility index (Phi) is 8.36. The smallest absolute Gasteiger partial charge is 0.336 e.